The van der Waals surface area contributed by atoms with E-state index in [1.165, 1.54) is 28.8 Å². The molecule has 0 aliphatic rings. The van der Waals surface area contributed by atoms with Crippen LogP contribution < -0.4 is 4.74 Å². The summed E-state index contributed by atoms with van der Waals surface area (Å²) in [6.07, 6.45) is -4.51. The average Bonchev–Trinajstić information content (AvgIpc) is 2.94. The summed E-state index contributed by atoms with van der Waals surface area (Å²) in [5, 5.41) is 10.1. The summed E-state index contributed by atoms with van der Waals surface area (Å²) in [4.78, 5) is 11.4. The van der Waals surface area contributed by atoms with Crippen molar-refractivity contribution in [2.45, 2.75) is 12.7 Å². The Balaban J connectivity index is 1.83. The SMILES string of the molecule is O=C(O)c1cc2ccccc2n1CCOc1ccccc1C(F)(F)F. The maximum absolute atomic E-state index is 13.0. The lowest BCUT2D eigenvalue weighted by Crippen LogP contribution is -2.15. The molecule has 3 aromatic rings. The fourth-order valence-corrected chi connectivity index (χ4v) is 2.70. The van der Waals surface area contributed by atoms with E-state index < -0.39 is 17.7 Å². The molecule has 0 amide bonds. The fourth-order valence-electron chi connectivity index (χ4n) is 2.70. The van der Waals surface area contributed by atoms with Crippen molar-refractivity contribution in [3.8, 4) is 5.75 Å². The number of carboxylic acids is 1. The molecule has 0 spiro atoms. The molecule has 1 N–H and O–H groups in total. The van der Waals surface area contributed by atoms with Crippen molar-refractivity contribution >= 4 is 16.9 Å². The highest BCUT2D eigenvalue weighted by atomic mass is 19.4. The van der Waals surface area contributed by atoms with E-state index in [1.54, 1.807) is 24.3 Å². The number of benzene rings is 2. The summed E-state index contributed by atoms with van der Waals surface area (Å²) in [5.74, 6) is -1.38. The van der Waals surface area contributed by atoms with Crippen molar-refractivity contribution in [2.75, 3.05) is 6.61 Å². The smallest absolute Gasteiger partial charge is 0.419 e. The number of nitrogens with zero attached hydrogens (tertiary/aromatic N) is 1. The summed E-state index contributed by atoms with van der Waals surface area (Å²) < 4.78 is 45.7. The highest BCUT2D eigenvalue weighted by molar-refractivity contribution is 5.94. The molecule has 7 heteroatoms. The monoisotopic (exact) mass is 349 g/mol. The van der Waals surface area contributed by atoms with Crippen LogP contribution in [0.25, 0.3) is 10.9 Å². The van der Waals surface area contributed by atoms with Crippen LogP contribution in [0.5, 0.6) is 5.75 Å². The van der Waals surface area contributed by atoms with Gasteiger partial charge in [0.05, 0.1) is 12.1 Å². The molecule has 0 saturated carbocycles. The Morgan fingerprint density at radius 2 is 1.76 bits per heavy atom. The summed E-state index contributed by atoms with van der Waals surface area (Å²) >= 11 is 0. The molecule has 1 aromatic heterocycles. The quantitative estimate of drug-likeness (QED) is 0.741. The van der Waals surface area contributed by atoms with Crippen molar-refractivity contribution in [1.82, 2.24) is 4.57 Å². The van der Waals surface area contributed by atoms with Crippen LogP contribution in [0.2, 0.25) is 0 Å². The normalized spacial score (nSPS) is 11.6. The van der Waals surface area contributed by atoms with Crippen LogP contribution in [0.3, 0.4) is 0 Å². The number of carbonyl (C=O) groups is 1. The predicted octanol–water partition coefficient (Wildman–Crippen LogP) is 4.44. The summed E-state index contributed by atoms with van der Waals surface area (Å²) in [5.41, 5.74) is -0.104. The van der Waals surface area contributed by atoms with Crippen LogP contribution in [-0.4, -0.2) is 22.2 Å². The third kappa shape index (κ3) is 3.45. The van der Waals surface area contributed by atoms with Gasteiger partial charge in [-0.05, 0) is 24.3 Å². The first-order valence-corrected chi connectivity index (χ1v) is 7.48. The second-order valence-electron chi connectivity index (χ2n) is 5.39. The van der Waals surface area contributed by atoms with Crippen LogP contribution >= 0.6 is 0 Å². The molecular formula is C18H14F3NO3. The van der Waals surface area contributed by atoms with E-state index in [4.69, 9.17) is 4.74 Å². The largest absolute Gasteiger partial charge is 0.491 e. The van der Waals surface area contributed by atoms with Gasteiger partial charge in [-0.3, -0.25) is 0 Å². The zero-order valence-electron chi connectivity index (χ0n) is 13.0. The summed E-state index contributed by atoms with van der Waals surface area (Å²) in [6, 6.07) is 13.6. The predicted molar refractivity (Wildman–Crippen MR) is 85.8 cm³/mol. The molecule has 0 unspecified atom stereocenters. The first kappa shape index (κ1) is 16.9. The molecule has 25 heavy (non-hydrogen) atoms. The molecule has 0 aliphatic carbocycles. The van der Waals surface area contributed by atoms with E-state index in [0.717, 1.165) is 11.5 Å². The molecule has 0 bridgehead atoms. The number of halogens is 3. The minimum atomic E-state index is -4.51. The number of aromatic carboxylic acids is 1. The lowest BCUT2D eigenvalue weighted by Gasteiger charge is -2.14. The van der Waals surface area contributed by atoms with Gasteiger partial charge in [-0.25, -0.2) is 4.79 Å². The lowest BCUT2D eigenvalue weighted by molar-refractivity contribution is -0.139. The first-order chi connectivity index (χ1) is 11.9. The number of ether oxygens (including phenoxy) is 1. The number of rotatable bonds is 5. The molecule has 0 aliphatic heterocycles. The Kier molecular flexibility index (Phi) is 4.39. The maximum Gasteiger partial charge on any atom is 0.419 e. The Bertz CT molecular complexity index is 915. The van der Waals surface area contributed by atoms with Gasteiger partial charge in [0, 0.05) is 10.9 Å². The van der Waals surface area contributed by atoms with E-state index in [9.17, 15) is 23.1 Å². The van der Waals surface area contributed by atoms with Crippen molar-refractivity contribution < 1.29 is 27.8 Å². The Morgan fingerprint density at radius 3 is 2.48 bits per heavy atom. The molecule has 2 aromatic carbocycles. The molecule has 1 heterocycles. The van der Waals surface area contributed by atoms with Crippen LogP contribution in [0.1, 0.15) is 16.1 Å². The van der Waals surface area contributed by atoms with Gasteiger partial charge in [0.2, 0.25) is 0 Å². The number of fused-ring (bicyclic) bond motifs is 1. The van der Waals surface area contributed by atoms with Crippen molar-refractivity contribution in [3.05, 3.63) is 65.9 Å². The van der Waals surface area contributed by atoms with Crippen molar-refractivity contribution in [3.63, 3.8) is 0 Å². The molecule has 0 saturated heterocycles. The number of hydrogen-bond donors (Lipinski definition) is 1. The molecule has 0 fully saturated rings. The number of alkyl halides is 3. The second kappa shape index (κ2) is 6.51. The third-order valence-electron chi connectivity index (χ3n) is 3.79. The van der Waals surface area contributed by atoms with E-state index in [-0.39, 0.29) is 24.6 Å². The topological polar surface area (TPSA) is 51.5 Å². The van der Waals surface area contributed by atoms with E-state index in [1.807, 2.05) is 0 Å². The van der Waals surface area contributed by atoms with Gasteiger partial charge in [0.25, 0.3) is 0 Å². The van der Waals surface area contributed by atoms with Crippen LogP contribution in [0, 0.1) is 0 Å². The number of aromatic nitrogens is 1. The lowest BCUT2D eigenvalue weighted by atomic mass is 10.2. The van der Waals surface area contributed by atoms with Gasteiger partial charge >= 0.3 is 12.1 Å². The van der Waals surface area contributed by atoms with Gasteiger partial charge in [-0.2, -0.15) is 13.2 Å². The number of hydrogen-bond acceptors (Lipinski definition) is 2. The van der Waals surface area contributed by atoms with E-state index >= 15 is 0 Å². The summed E-state index contributed by atoms with van der Waals surface area (Å²) in [7, 11) is 0. The van der Waals surface area contributed by atoms with Gasteiger partial charge in [-0.1, -0.05) is 30.3 Å². The van der Waals surface area contributed by atoms with E-state index in [2.05, 4.69) is 0 Å². The number of para-hydroxylation sites is 2. The molecule has 130 valence electrons. The molecular weight excluding hydrogens is 335 g/mol. The maximum atomic E-state index is 13.0. The molecule has 4 nitrogen and oxygen atoms in total. The highest BCUT2D eigenvalue weighted by Gasteiger charge is 2.34. The van der Waals surface area contributed by atoms with Gasteiger partial charge in [-0.15, -0.1) is 0 Å². The van der Waals surface area contributed by atoms with Crippen LogP contribution in [-0.2, 0) is 12.7 Å². The average molecular weight is 349 g/mol. The van der Waals surface area contributed by atoms with Gasteiger partial charge < -0.3 is 14.4 Å². The van der Waals surface area contributed by atoms with E-state index in [0.29, 0.717) is 5.52 Å². The minimum absolute atomic E-state index is 0.0638. The number of carboxylic acid groups (broad SMARTS) is 1. The zero-order chi connectivity index (χ0) is 18.0. The Hall–Kier alpha value is -2.96. The minimum Gasteiger partial charge on any atom is -0.491 e. The Morgan fingerprint density at radius 1 is 1.08 bits per heavy atom. The second-order valence-corrected chi connectivity index (χ2v) is 5.39. The third-order valence-corrected chi connectivity index (χ3v) is 3.79. The van der Waals surface area contributed by atoms with Gasteiger partial charge in [0.15, 0.2) is 0 Å². The molecule has 0 atom stereocenters. The van der Waals surface area contributed by atoms with Crippen molar-refractivity contribution in [1.29, 1.82) is 0 Å². The van der Waals surface area contributed by atoms with Crippen LogP contribution in [0.4, 0.5) is 13.2 Å². The standard InChI is InChI=1S/C18H14F3NO3/c19-18(20,21)13-6-2-4-8-16(13)25-10-9-22-14-7-3-1-5-12(14)11-15(22)17(23)24/h1-8,11H,9-10H2,(H,23,24). The zero-order valence-corrected chi connectivity index (χ0v) is 13.0. The Labute approximate surface area is 141 Å². The summed E-state index contributed by atoms with van der Waals surface area (Å²) in [6.45, 7) is 0.0212. The van der Waals surface area contributed by atoms with Gasteiger partial charge in [0.1, 0.15) is 18.1 Å². The van der Waals surface area contributed by atoms with Crippen molar-refractivity contribution in [2.24, 2.45) is 0 Å². The van der Waals surface area contributed by atoms with Crippen LogP contribution in [0.15, 0.2) is 54.6 Å². The first-order valence-electron chi connectivity index (χ1n) is 7.48. The highest BCUT2D eigenvalue weighted by Crippen LogP contribution is 2.35. The molecule has 0 radical (unpaired) electrons. The fraction of sp³-hybridized carbons (Fsp3) is 0.167. The molecule has 3 rings (SSSR count).